The molecule has 2 fully saturated rings. The predicted molar refractivity (Wildman–Crippen MR) is 116 cm³/mol. The number of aromatic amines is 1. The van der Waals surface area contributed by atoms with Crippen molar-refractivity contribution in [3.8, 4) is 17.0 Å². The van der Waals surface area contributed by atoms with E-state index in [2.05, 4.69) is 25.5 Å². The summed E-state index contributed by atoms with van der Waals surface area (Å²) < 4.78 is 13.5. The lowest BCUT2D eigenvalue weighted by Gasteiger charge is -2.46. The number of hydrogen-bond acceptors (Lipinski definition) is 7. The summed E-state index contributed by atoms with van der Waals surface area (Å²) in [4.78, 5) is 12.7. The average Bonchev–Trinajstić information content (AvgIpc) is 3.36. The number of nitrogens with zero attached hydrogens (tertiary/aromatic N) is 5. The van der Waals surface area contributed by atoms with Crippen LogP contribution in [0.3, 0.4) is 0 Å². The molecule has 1 saturated carbocycles. The molecule has 9 heteroatoms. The maximum atomic E-state index is 5.83. The van der Waals surface area contributed by atoms with Gasteiger partial charge in [-0.05, 0) is 51.2 Å². The molecule has 5 heterocycles. The van der Waals surface area contributed by atoms with Crippen molar-refractivity contribution in [3.05, 3.63) is 30.4 Å². The molecule has 0 atom stereocenters. The number of rotatable bonds is 4. The summed E-state index contributed by atoms with van der Waals surface area (Å²) in [7, 11) is 1.65. The molecule has 31 heavy (non-hydrogen) atoms. The molecule has 9 nitrogen and oxygen atoms in total. The molecular formula is C22H25N7O2. The standard InChI is InChI=1S/C22H25N7O2/c1-13-27-28-17-4-3-14(12-29(13)17)16-11-23-19-18(16)20(30-2)26-21(25-19)24-15-5-7-22(8-6-15)9-10-31-22/h3-4,11-12,15H,5-10H2,1-2H3,(H2,23,24,25,26)/t15-,22-. The van der Waals surface area contributed by atoms with E-state index < -0.39 is 0 Å². The van der Waals surface area contributed by atoms with Crippen LogP contribution in [0.15, 0.2) is 24.5 Å². The minimum Gasteiger partial charge on any atom is -0.480 e. The Morgan fingerprint density at radius 2 is 2.03 bits per heavy atom. The highest BCUT2D eigenvalue weighted by molar-refractivity contribution is 5.97. The number of nitrogens with one attached hydrogen (secondary N) is 2. The number of ether oxygens (including phenoxy) is 2. The van der Waals surface area contributed by atoms with Gasteiger partial charge in [0.2, 0.25) is 11.8 Å². The molecule has 0 amide bonds. The summed E-state index contributed by atoms with van der Waals surface area (Å²) in [5, 5.41) is 12.7. The number of aryl methyl sites for hydroxylation is 1. The van der Waals surface area contributed by atoms with Gasteiger partial charge in [-0.2, -0.15) is 9.97 Å². The zero-order chi connectivity index (χ0) is 21.0. The number of anilines is 1. The van der Waals surface area contributed by atoms with Crippen molar-refractivity contribution in [3.63, 3.8) is 0 Å². The first kappa shape index (κ1) is 18.6. The lowest BCUT2D eigenvalue weighted by molar-refractivity contribution is -0.165. The first-order valence-corrected chi connectivity index (χ1v) is 10.8. The molecule has 1 aliphatic carbocycles. The van der Waals surface area contributed by atoms with E-state index in [1.165, 1.54) is 6.42 Å². The van der Waals surface area contributed by atoms with Crippen molar-refractivity contribution in [1.82, 2.24) is 29.5 Å². The molecule has 0 radical (unpaired) electrons. The van der Waals surface area contributed by atoms with Gasteiger partial charge in [0.05, 0.1) is 24.7 Å². The van der Waals surface area contributed by atoms with Crippen LogP contribution < -0.4 is 10.1 Å². The molecule has 1 aliphatic heterocycles. The Labute approximate surface area is 179 Å². The number of pyridine rings is 1. The third kappa shape index (κ3) is 3.03. The number of H-pyrrole nitrogens is 1. The van der Waals surface area contributed by atoms with Crippen LogP contribution in [0.4, 0.5) is 5.95 Å². The molecule has 2 aliphatic rings. The molecule has 6 rings (SSSR count). The van der Waals surface area contributed by atoms with Gasteiger partial charge < -0.3 is 19.8 Å². The molecule has 0 aromatic carbocycles. The predicted octanol–water partition coefficient (Wildman–Crippen LogP) is 3.50. The minimum atomic E-state index is 0.152. The summed E-state index contributed by atoms with van der Waals surface area (Å²) in [5.41, 5.74) is 3.72. The average molecular weight is 419 g/mol. The highest BCUT2D eigenvalue weighted by Crippen LogP contribution is 2.41. The molecule has 2 N–H and O–H groups in total. The maximum Gasteiger partial charge on any atom is 0.228 e. The van der Waals surface area contributed by atoms with E-state index in [9.17, 15) is 0 Å². The highest BCUT2D eigenvalue weighted by atomic mass is 16.5. The summed E-state index contributed by atoms with van der Waals surface area (Å²) in [6.07, 6.45) is 9.51. The third-order valence-corrected chi connectivity index (χ3v) is 6.77. The Hall–Kier alpha value is -3.20. The lowest BCUT2D eigenvalue weighted by Crippen LogP contribution is -2.48. The Morgan fingerprint density at radius 3 is 2.77 bits per heavy atom. The summed E-state index contributed by atoms with van der Waals surface area (Å²) in [6.45, 7) is 2.85. The van der Waals surface area contributed by atoms with Crippen LogP contribution in [0.25, 0.3) is 27.8 Å². The first-order valence-electron chi connectivity index (χ1n) is 10.8. The van der Waals surface area contributed by atoms with Gasteiger partial charge >= 0.3 is 0 Å². The Balaban J connectivity index is 1.32. The van der Waals surface area contributed by atoms with Gasteiger partial charge in [-0.3, -0.25) is 4.40 Å². The van der Waals surface area contributed by atoms with Crippen LogP contribution >= 0.6 is 0 Å². The van der Waals surface area contributed by atoms with E-state index in [1.54, 1.807) is 7.11 Å². The van der Waals surface area contributed by atoms with Crippen molar-refractivity contribution < 1.29 is 9.47 Å². The van der Waals surface area contributed by atoms with Gasteiger partial charge in [-0.1, -0.05) is 0 Å². The second kappa shape index (κ2) is 6.91. The molecule has 4 aromatic heterocycles. The molecule has 0 unspecified atom stereocenters. The molecular weight excluding hydrogens is 394 g/mol. The Kier molecular flexibility index (Phi) is 4.14. The first-order chi connectivity index (χ1) is 15.1. The van der Waals surface area contributed by atoms with Gasteiger partial charge in [0, 0.05) is 29.6 Å². The van der Waals surface area contributed by atoms with E-state index in [4.69, 9.17) is 14.5 Å². The van der Waals surface area contributed by atoms with E-state index in [-0.39, 0.29) is 5.60 Å². The fourth-order valence-electron chi connectivity index (χ4n) is 4.86. The normalized spacial score (nSPS) is 23.4. The fourth-order valence-corrected chi connectivity index (χ4v) is 4.86. The third-order valence-electron chi connectivity index (χ3n) is 6.77. The van der Waals surface area contributed by atoms with Gasteiger partial charge in [0.15, 0.2) is 5.65 Å². The molecule has 4 aromatic rings. The summed E-state index contributed by atoms with van der Waals surface area (Å²) >= 11 is 0. The smallest absolute Gasteiger partial charge is 0.228 e. The van der Waals surface area contributed by atoms with E-state index >= 15 is 0 Å². The largest absolute Gasteiger partial charge is 0.480 e. The SMILES string of the molecule is COc1nc(N[C@H]2CC[C@@]3(CCO3)CC2)nc2[nH]cc(-c3ccc4nnc(C)n4c3)c12. The quantitative estimate of drug-likeness (QED) is 0.522. The Morgan fingerprint density at radius 1 is 1.19 bits per heavy atom. The van der Waals surface area contributed by atoms with E-state index in [1.807, 2.05) is 35.9 Å². The van der Waals surface area contributed by atoms with E-state index in [0.717, 1.165) is 65.9 Å². The minimum absolute atomic E-state index is 0.152. The van der Waals surface area contributed by atoms with Gasteiger partial charge in [-0.25, -0.2) is 0 Å². The topological polar surface area (TPSA) is 102 Å². The van der Waals surface area contributed by atoms with Gasteiger partial charge in [-0.15, -0.1) is 10.2 Å². The monoisotopic (exact) mass is 419 g/mol. The van der Waals surface area contributed by atoms with Crippen LogP contribution in [0.2, 0.25) is 0 Å². The fraction of sp³-hybridized carbons (Fsp3) is 0.455. The zero-order valence-corrected chi connectivity index (χ0v) is 17.7. The van der Waals surface area contributed by atoms with Crippen LogP contribution in [0, 0.1) is 6.92 Å². The Bertz CT molecular complexity index is 1260. The van der Waals surface area contributed by atoms with E-state index in [0.29, 0.717) is 17.9 Å². The summed E-state index contributed by atoms with van der Waals surface area (Å²) in [5.74, 6) is 1.99. The van der Waals surface area contributed by atoms with Crippen molar-refractivity contribution >= 4 is 22.6 Å². The van der Waals surface area contributed by atoms with Gasteiger partial charge in [0.25, 0.3) is 0 Å². The van der Waals surface area contributed by atoms with Crippen molar-refractivity contribution in [2.75, 3.05) is 19.0 Å². The second-order valence-corrected chi connectivity index (χ2v) is 8.58. The number of methoxy groups -OCH3 is 1. The summed E-state index contributed by atoms with van der Waals surface area (Å²) in [6, 6.07) is 4.34. The molecule has 1 spiro atoms. The number of hydrogen-bond donors (Lipinski definition) is 2. The number of aromatic nitrogens is 6. The van der Waals surface area contributed by atoms with Crippen molar-refractivity contribution in [2.45, 2.75) is 50.7 Å². The molecule has 1 saturated heterocycles. The highest BCUT2D eigenvalue weighted by Gasteiger charge is 2.41. The van der Waals surface area contributed by atoms with Crippen LogP contribution in [0.1, 0.15) is 37.9 Å². The molecule has 160 valence electrons. The lowest BCUT2D eigenvalue weighted by atomic mass is 9.77. The van der Waals surface area contributed by atoms with Crippen LogP contribution in [0.5, 0.6) is 5.88 Å². The van der Waals surface area contributed by atoms with Crippen LogP contribution in [-0.2, 0) is 4.74 Å². The van der Waals surface area contributed by atoms with Crippen molar-refractivity contribution in [2.24, 2.45) is 0 Å². The zero-order valence-electron chi connectivity index (χ0n) is 17.7. The number of fused-ring (bicyclic) bond motifs is 2. The van der Waals surface area contributed by atoms with Gasteiger partial charge in [0.1, 0.15) is 11.5 Å². The van der Waals surface area contributed by atoms with Crippen molar-refractivity contribution in [1.29, 1.82) is 0 Å². The van der Waals surface area contributed by atoms with Crippen LogP contribution in [-0.4, -0.2) is 54.9 Å². The maximum absolute atomic E-state index is 5.83. The second-order valence-electron chi connectivity index (χ2n) is 8.58. The molecule has 0 bridgehead atoms.